The third-order valence-electron chi connectivity index (χ3n) is 2.89. The second kappa shape index (κ2) is 6.43. The standard InChI is InChI=1S/C14H21N3O2/c1-4-6-15-9-12-5-7-18-13(12)10-19-14-8-11(2)16-17(14)3/h5,7-8,15H,4,6,9-10H2,1-3H3. The minimum absolute atomic E-state index is 0.426. The Hall–Kier alpha value is -1.75. The van der Waals surface area contributed by atoms with Gasteiger partial charge in [0.25, 0.3) is 0 Å². The van der Waals surface area contributed by atoms with Crippen LogP contribution < -0.4 is 10.1 Å². The molecule has 104 valence electrons. The largest absolute Gasteiger partial charge is 0.470 e. The summed E-state index contributed by atoms with van der Waals surface area (Å²) in [7, 11) is 1.87. The van der Waals surface area contributed by atoms with Crippen LogP contribution in [-0.4, -0.2) is 16.3 Å². The summed E-state index contributed by atoms with van der Waals surface area (Å²) in [5.41, 5.74) is 2.09. The van der Waals surface area contributed by atoms with Crippen molar-refractivity contribution in [1.29, 1.82) is 0 Å². The van der Waals surface area contributed by atoms with Gasteiger partial charge in [0.05, 0.1) is 12.0 Å². The molecule has 0 atom stereocenters. The molecule has 0 aliphatic carbocycles. The number of aryl methyl sites for hydroxylation is 2. The Morgan fingerprint density at radius 1 is 1.47 bits per heavy atom. The molecule has 2 aromatic heterocycles. The highest BCUT2D eigenvalue weighted by atomic mass is 16.5. The molecule has 19 heavy (non-hydrogen) atoms. The van der Waals surface area contributed by atoms with Crippen molar-refractivity contribution in [3.63, 3.8) is 0 Å². The molecule has 2 aromatic rings. The zero-order valence-electron chi connectivity index (χ0n) is 11.8. The molecule has 1 N–H and O–H groups in total. The highest BCUT2D eigenvalue weighted by molar-refractivity contribution is 5.18. The summed E-state index contributed by atoms with van der Waals surface area (Å²) < 4.78 is 12.9. The van der Waals surface area contributed by atoms with E-state index in [1.54, 1.807) is 10.9 Å². The summed E-state index contributed by atoms with van der Waals surface area (Å²) in [5.74, 6) is 1.61. The van der Waals surface area contributed by atoms with Crippen molar-refractivity contribution in [3.05, 3.63) is 35.4 Å². The summed E-state index contributed by atoms with van der Waals surface area (Å²) in [6.07, 6.45) is 2.83. The van der Waals surface area contributed by atoms with Crippen LogP contribution in [0.15, 0.2) is 22.8 Å². The fourth-order valence-electron chi connectivity index (χ4n) is 1.91. The molecule has 0 aliphatic heterocycles. The smallest absolute Gasteiger partial charge is 0.212 e. The average Bonchev–Trinajstić information content (AvgIpc) is 2.94. The summed E-state index contributed by atoms with van der Waals surface area (Å²) in [6.45, 7) is 6.34. The molecule has 5 nitrogen and oxygen atoms in total. The van der Waals surface area contributed by atoms with Gasteiger partial charge in [-0.2, -0.15) is 5.10 Å². The molecule has 2 heterocycles. The summed E-state index contributed by atoms with van der Waals surface area (Å²) in [5, 5.41) is 7.60. The maximum absolute atomic E-state index is 5.73. The normalized spacial score (nSPS) is 10.9. The molecule has 0 saturated heterocycles. The molecule has 0 unspecified atom stereocenters. The van der Waals surface area contributed by atoms with E-state index in [4.69, 9.17) is 9.15 Å². The Bertz CT molecular complexity index is 516. The fraction of sp³-hybridized carbons (Fsp3) is 0.500. The van der Waals surface area contributed by atoms with Crippen molar-refractivity contribution in [1.82, 2.24) is 15.1 Å². The van der Waals surface area contributed by atoms with Crippen LogP contribution >= 0.6 is 0 Å². The van der Waals surface area contributed by atoms with Crippen molar-refractivity contribution in [2.45, 2.75) is 33.4 Å². The van der Waals surface area contributed by atoms with Gasteiger partial charge in [0.2, 0.25) is 5.88 Å². The zero-order valence-corrected chi connectivity index (χ0v) is 11.8. The minimum Gasteiger partial charge on any atom is -0.470 e. The predicted octanol–water partition coefficient (Wildman–Crippen LogP) is 2.40. The molecular formula is C14H21N3O2. The van der Waals surface area contributed by atoms with Crippen LogP contribution in [0.3, 0.4) is 0 Å². The van der Waals surface area contributed by atoms with Crippen LogP contribution in [0.1, 0.15) is 30.4 Å². The number of hydrogen-bond acceptors (Lipinski definition) is 4. The molecular weight excluding hydrogens is 242 g/mol. The van der Waals surface area contributed by atoms with Crippen LogP contribution in [0.25, 0.3) is 0 Å². The Balaban J connectivity index is 1.92. The summed E-state index contributed by atoms with van der Waals surface area (Å²) in [6, 6.07) is 3.90. The molecule has 0 spiro atoms. The molecule has 0 bridgehead atoms. The third kappa shape index (κ3) is 3.61. The number of nitrogens with zero attached hydrogens (tertiary/aromatic N) is 2. The molecule has 2 rings (SSSR count). The van der Waals surface area contributed by atoms with Gasteiger partial charge in [-0.1, -0.05) is 6.92 Å². The highest BCUT2D eigenvalue weighted by Gasteiger charge is 2.09. The van der Waals surface area contributed by atoms with Crippen LogP contribution in [0.5, 0.6) is 5.88 Å². The number of nitrogens with one attached hydrogen (secondary N) is 1. The maximum Gasteiger partial charge on any atom is 0.212 e. The van der Waals surface area contributed by atoms with Gasteiger partial charge in [0.15, 0.2) is 0 Å². The quantitative estimate of drug-likeness (QED) is 0.779. The van der Waals surface area contributed by atoms with Gasteiger partial charge >= 0.3 is 0 Å². The zero-order chi connectivity index (χ0) is 13.7. The molecule has 0 aromatic carbocycles. The van der Waals surface area contributed by atoms with Gasteiger partial charge in [-0.25, -0.2) is 4.68 Å². The molecule has 0 radical (unpaired) electrons. The Morgan fingerprint density at radius 2 is 2.32 bits per heavy atom. The number of furan rings is 1. The highest BCUT2D eigenvalue weighted by Crippen LogP contribution is 2.16. The first-order valence-electron chi connectivity index (χ1n) is 6.60. The molecule has 0 fully saturated rings. The Kier molecular flexibility index (Phi) is 4.63. The van der Waals surface area contributed by atoms with E-state index in [0.29, 0.717) is 6.61 Å². The number of aromatic nitrogens is 2. The first-order valence-corrected chi connectivity index (χ1v) is 6.60. The lowest BCUT2D eigenvalue weighted by Gasteiger charge is -2.06. The van der Waals surface area contributed by atoms with Gasteiger partial charge in [-0.15, -0.1) is 0 Å². The van der Waals surface area contributed by atoms with Crippen molar-refractivity contribution in [2.75, 3.05) is 6.54 Å². The molecule has 5 heteroatoms. The van der Waals surface area contributed by atoms with Crippen molar-refractivity contribution in [3.8, 4) is 5.88 Å². The third-order valence-corrected chi connectivity index (χ3v) is 2.89. The first kappa shape index (κ1) is 13.7. The van der Waals surface area contributed by atoms with E-state index in [9.17, 15) is 0 Å². The van der Waals surface area contributed by atoms with Crippen LogP contribution in [-0.2, 0) is 20.2 Å². The average molecular weight is 263 g/mol. The van der Waals surface area contributed by atoms with Crippen molar-refractivity contribution < 1.29 is 9.15 Å². The van der Waals surface area contributed by atoms with Crippen LogP contribution in [0.2, 0.25) is 0 Å². The second-order valence-corrected chi connectivity index (χ2v) is 4.58. The minimum atomic E-state index is 0.426. The first-order chi connectivity index (χ1) is 9.20. The van der Waals surface area contributed by atoms with Crippen LogP contribution in [0, 0.1) is 6.92 Å². The fourth-order valence-corrected chi connectivity index (χ4v) is 1.91. The lowest BCUT2D eigenvalue weighted by molar-refractivity contribution is 0.247. The topological polar surface area (TPSA) is 52.2 Å². The Morgan fingerprint density at radius 3 is 3.00 bits per heavy atom. The van der Waals surface area contributed by atoms with Gasteiger partial charge in [0.1, 0.15) is 12.4 Å². The lowest BCUT2D eigenvalue weighted by atomic mass is 10.2. The lowest BCUT2D eigenvalue weighted by Crippen LogP contribution is -2.14. The van der Waals surface area contributed by atoms with Crippen molar-refractivity contribution in [2.24, 2.45) is 7.05 Å². The summed E-state index contributed by atoms with van der Waals surface area (Å²) >= 11 is 0. The number of rotatable bonds is 7. The molecule has 0 saturated carbocycles. The van der Waals surface area contributed by atoms with E-state index in [2.05, 4.69) is 17.3 Å². The summed E-state index contributed by atoms with van der Waals surface area (Å²) in [4.78, 5) is 0. The van der Waals surface area contributed by atoms with E-state index in [1.165, 1.54) is 0 Å². The van der Waals surface area contributed by atoms with E-state index in [-0.39, 0.29) is 0 Å². The SMILES string of the molecule is CCCNCc1ccoc1COc1cc(C)nn1C. The number of hydrogen-bond donors (Lipinski definition) is 1. The van der Waals surface area contributed by atoms with Gasteiger partial charge in [-0.05, 0) is 26.0 Å². The van der Waals surface area contributed by atoms with E-state index >= 15 is 0 Å². The number of ether oxygens (including phenoxy) is 1. The van der Waals surface area contributed by atoms with Crippen molar-refractivity contribution >= 4 is 0 Å². The maximum atomic E-state index is 5.73. The van der Waals surface area contributed by atoms with E-state index in [0.717, 1.165) is 42.4 Å². The monoisotopic (exact) mass is 263 g/mol. The predicted molar refractivity (Wildman–Crippen MR) is 73.0 cm³/mol. The van der Waals surface area contributed by atoms with Crippen LogP contribution in [0.4, 0.5) is 0 Å². The molecule has 0 amide bonds. The Labute approximate surface area is 113 Å². The molecule has 0 aliphatic rings. The van der Waals surface area contributed by atoms with Gasteiger partial charge < -0.3 is 14.5 Å². The van der Waals surface area contributed by atoms with Gasteiger partial charge in [-0.3, -0.25) is 0 Å². The van der Waals surface area contributed by atoms with E-state index < -0.39 is 0 Å². The van der Waals surface area contributed by atoms with Gasteiger partial charge in [0, 0.05) is 25.2 Å². The van der Waals surface area contributed by atoms with E-state index in [1.807, 2.05) is 26.1 Å². The second-order valence-electron chi connectivity index (χ2n) is 4.58.